The second kappa shape index (κ2) is 8.61. The number of benzene rings is 5. The molecule has 10 heteroatoms. The summed E-state index contributed by atoms with van der Waals surface area (Å²) in [4.78, 5) is 27.0. The molecule has 0 heterocycles. The summed E-state index contributed by atoms with van der Waals surface area (Å²) in [7, 11) is 5.47. The maximum atomic E-state index is 13.5. The van der Waals surface area contributed by atoms with Crippen LogP contribution in [-0.2, 0) is 0 Å². The molecular weight excluding hydrogens is 520 g/mol. The minimum absolute atomic E-state index is 0.0354. The average molecular weight is 549 g/mol. The lowest BCUT2D eigenvalue weighted by Gasteiger charge is -2.40. The first-order valence-corrected chi connectivity index (χ1v) is 12.7. The Morgan fingerprint density at radius 1 is 0.575 bits per heavy atom. The van der Waals surface area contributed by atoms with E-state index >= 15 is 0 Å². The van der Waals surface area contributed by atoms with E-state index in [1.165, 1.54) is 40.6 Å². The molecule has 2 unspecified atom stereocenters. The zero-order chi connectivity index (χ0) is 28.9. The third-order valence-corrected chi connectivity index (χ3v) is 8.38. The quantitative estimate of drug-likeness (QED) is 0.184. The molecule has 0 fully saturated rings. The maximum absolute atomic E-state index is 13.5. The predicted octanol–water partition coefficient (Wildman–Crippen LogP) is 3.28. The highest BCUT2D eigenvalue weighted by molar-refractivity contribution is 6.39. The average Bonchev–Trinajstić information content (AvgIpc) is 2.91. The van der Waals surface area contributed by atoms with Crippen LogP contribution in [0.4, 0.5) is 0 Å². The van der Waals surface area contributed by atoms with Gasteiger partial charge in [-0.1, -0.05) is 0 Å². The molecule has 5 aromatic rings. The molecule has 0 spiro atoms. The van der Waals surface area contributed by atoms with Crippen molar-refractivity contribution >= 4 is 43.1 Å². The molecule has 1 aliphatic carbocycles. The Morgan fingerprint density at radius 3 is 1.20 bits per heavy atom. The number of methoxy groups -OCH3 is 4. The Bertz CT molecular complexity index is 1840. The Morgan fingerprint density at radius 2 is 0.925 bits per heavy atom. The summed E-state index contributed by atoms with van der Waals surface area (Å²) in [6.45, 7) is 3.09. The van der Waals surface area contributed by atoms with Crippen LogP contribution in [0, 0.1) is 0 Å². The fourth-order valence-corrected chi connectivity index (χ4v) is 7.05. The van der Waals surface area contributed by atoms with Gasteiger partial charge in [-0.3, -0.25) is 9.59 Å². The number of aliphatic hydroxyl groups is 2. The van der Waals surface area contributed by atoms with Crippen molar-refractivity contribution in [1.29, 1.82) is 0 Å². The lowest BCUT2D eigenvalue weighted by Crippen LogP contribution is -2.32. The van der Waals surface area contributed by atoms with E-state index in [2.05, 4.69) is 0 Å². The molecule has 10 nitrogen and oxygen atoms in total. The molecule has 0 saturated heterocycles. The van der Waals surface area contributed by atoms with Crippen LogP contribution in [0.5, 0.6) is 34.5 Å². The summed E-state index contributed by atoms with van der Waals surface area (Å²) < 4.78 is 22.7. The van der Waals surface area contributed by atoms with Gasteiger partial charge in [0, 0.05) is 56.6 Å². The van der Waals surface area contributed by atoms with Crippen molar-refractivity contribution in [1.82, 2.24) is 0 Å². The molecule has 4 atom stereocenters. The molecule has 0 radical (unpaired) electrons. The van der Waals surface area contributed by atoms with Crippen LogP contribution in [0.3, 0.4) is 0 Å². The molecule has 5 aromatic carbocycles. The van der Waals surface area contributed by atoms with Gasteiger partial charge in [0.05, 0.1) is 51.4 Å². The largest absolute Gasteiger partial charge is 0.504 e. The molecule has 0 saturated carbocycles. The van der Waals surface area contributed by atoms with Crippen LogP contribution in [-0.4, -0.2) is 61.1 Å². The highest BCUT2D eigenvalue weighted by Gasteiger charge is 2.45. The van der Waals surface area contributed by atoms with Crippen LogP contribution in [0.1, 0.15) is 36.8 Å². The van der Waals surface area contributed by atoms with E-state index in [0.29, 0.717) is 43.4 Å². The van der Waals surface area contributed by atoms with Gasteiger partial charge in [0.25, 0.3) is 0 Å². The fraction of sp³-hybridized carbons (Fsp3) is 0.333. The maximum Gasteiger partial charge on any atom is 0.194 e. The number of ether oxygens (including phenoxy) is 4. The van der Waals surface area contributed by atoms with Crippen molar-refractivity contribution in [3.8, 4) is 34.5 Å². The van der Waals surface area contributed by atoms with Gasteiger partial charge in [0.2, 0.25) is 0 Å². The first-order valence-electron chi connectivity index (χ1n) is 12.7. The first kappa shape index (κ1) is 26.0. The van der Waals surface area contributed by atoms with Crippen molar-refractivity contribution in [2.24, 2.45) is 0 Å². The van der Waals surface area contributed by atoms with E-state index in [4.69, 9.17) is 18.9 Å². The normalized spacial score (nSPS) is 18.2. The summed E-state index contributed by atoms with van der Waals surface area (Å²) in [6, 6.07) is 2.48. The van der Waals surface area contributed by atoms with Crippen LogP contribution >= 0.6 is 0 Å². The Kier molecular flexibility index (Phi) is 5.59. The zero-order valence-electron chi connectivity index (χ0n) is 22.7. The Hall–Kier alpha value is -4.28. The molecule has 0 amide bonds. The predicted molar refractivity (Wildman–Crippen MR) is 150 cm³/mol. The lowest BCUT2D eigenvalue weighted by molar-refractivity contribution is 0.0885. The van der Waals surface area contributed by atoms with Crippen LogP contribution < -0.4 is 29.8 Å². The monoisotopic (exact) mass is 548 g/mol. The standard InChI is InChI=1S/C30H28O10/c1-9(31)15-16(10(2)32)26-24-22-18(28(36)30(26)40-6)12(34)8-14(38-4)20(22)19-13(37-3)7-11(33)17-21(19)23(24)25(15)29(39-5)27(17)35/h7-10,15-16,31-32,35-36H,1-6H3/t9-,10-,15?,16?/m1/s1. The Balaban J connectivity index is 2.18. The number of phenolic OH excluding ortho intramolecular Hbond substituents is 2. The van der Waals surface area contributed by atoms with Crippen LogP contribution in [0.25, 0.3) is 43.1 Å². The van der Waals surface area contributed by atoms with Gasteiger partial charge in [-0.05, 0) is 24.6 Å². The molecule has 6 rings (SSSR count). The minimum Gasteiger partial charge on any atom is -0.504 e. The van der Waals surface area contributed by atoms with Gasteiger partial charge >= 0.3 is 0 Å². The minimum atomic E-state index is -1.10. The van der Waals surface area contributed by atoms with E-state index in [1.54, 1.807) is 13.8 Å². The topological polar surface area (TPSA) is 152 Å². The zero-order valence-corrected chi connectivity index (χ0v) is 22.7. The van der Waals surface area contributed by atoms with E-state index in [0.717, 1.165) is 0 Å². The summed E-state index contributed by atoms with van der Waals surface area (Å²) in [5.41, 5.74) is -0.367. The molecular formula is C30H28O10. The molecule has 0 aliphatic heterocycles. The van der Waals surface area contributed by atoms with Gasteiger partial charge in [0.15, 0.2) is 33.9 Å². The van der Waals surface area contributed by atoms with Gasteiger partial charge in [-0.25, -0.2) is 0 Å². The Labute approximate surface area is 227 Å². The fourth-order valence-electron chi connectivity index (χ4n) is 7.05. The molecule has 1 aliphatic rings. The summed E-state index contributed by atoms with van der Waals surface area (Å²) >= 11 is 0. The van der Waals surface area contributed by atoms with Crippen LogP contribution in [0.2, 0.25) is 0 Å². The number of rotatable bonds is 6. The third-order valence-electron chi connectivity index (χ3n) is 8.38. The number of phenols is 2. The van der Waals surface area contributed by atoms with Crippen molar-refractivity contribution in [2.45, 2.75) is 37.9 Å². The third kappa shape index (κ3) is 2.89. The second-order valence-corrected chi connectivity index (χ2v) is 10.3. The number of fused-ring (bicyclic) bond motifs is 1. The summed E-state index contributed by atoms with van der Waals surface area (Å²) in [6.07, 6.45) is -2.19. The van der Waals surface area contributed by atoms with E-state index in [1.807, 2.05) is 0 Å². The van der Waals surface area contributed by atoms with Crippen LogP contribution in [0.15, 0.2) is 21.7 Å². The first-order chi connectivity index (χ1) is 19.0. The lowest BCUT2D eigenvalue weighted by atomic mass is 9.66. The van der Waals surface area contributed by atoms with E-state index in [9.17, 15) is 30.0 Å². The molecule has 4 N–H and O–H groups in total. The second-order valence-electron chi connectivity index (χ2n) is 10.3. The van der Waals surface area contributed by atoms with Crippen molar-refractivity contribution in [2.75, 3.05) is 28.4 Å². The summed E-state index contributed by atoms with van der Waals surface area (Å²) in [5, 5.41) is 47.5. The van der Waals surface area contributed by atoms with Gasteiger partial charge in [-0.2, -0.15) is 0 Å². The molecule has 40 heavy (non-hydrogen) atoms. The number of aromatic hydroxyl groups is 2. The highest BCUT2D eigenvalue weighted by Crippen LogP contribution is 2.63. The van der Waals surface area contributed by atoms with Crippen molar-refractivity contribution < 1.29 is 39.4 Å². The molecule has 0 aromatic heterocycles. The number of hydrogen-bond donors (Lipinski definition) is 4. The van der Waals surface area contributed by atoms with E-state index < -0.39 is 46.4 Å². The number of hydrogen-bond acceptors (Lipinski definition) is 10. The van der Waals surface area contributed by atoms with Gasteiger partial charge < -0.3 is 39.4 Å². The van der Waals surface area contributed by atoms with Gasteiger partial charge in [-0.15, -0.1) is 0 Å². The van der Waals surface area contributed by atoms with Crippen molar-refractivity contribution in [3.05, 3.63) is 43.7 Å². The molecule has 0 bridgehead atoms. The number of aliphatic hydroxyl groups excluding tert-OH is 2. The SMILES string of the molecule is COc1c(O)c2c(=O)cc(OC)c3c4c(OC)cc(=O)c5c(O)c(OC)c6c(c(c1C([C@@H](C)O)C6[C@@H](C)O)c23)c54. The van der Waals surface area contributed by atoms with Crippen molar-refractivity contribution in [3.63, 3.8) is 0 Å². The highest BCUT2D eigenvalue weighted by atomic mass is 16.5. The van der Waals surface area contributed by atoms with E-state index in [-0.39, 0.29) is 33.8 Å². The molecule has 208 valence electrons. The smallest absolute Gasteiger partial charge is 0.194 e. The van der Waals surface area contributed by atoms with Gasteiger partial charge in [0.1, 0.15) is 11.5 Å². The summed E-state index contributed by atoms with van der Waals surface area (Å²) in [5.74, 6) is -2.36.